The number of hydrogen-bond donors (Lipinski definition) is 1. The summed E-state index contributed by atoms with van der Waals surface area (Å²) in [4.78, 5) is 6.96. The Hall–Kier alpha value is -0.800. The third kappa shape index (κ3) is 3.86. The molecule has 0 aromatic carbocycles. The van der Waals surface area contributed by atoms with Crippen LogP contribution in [0, 0.1) is 12.8 Å². The van der Waals surface area contributed by atoms with Crippen molar-refractivity contribution in [2.24, 2.45) is 11.7 Å². The summed E-state index contributed by atoms with van der Waals surface area (Å²) >= 11 is 0. The van der Waals surface area contributed by atoms with Crippen LogP contribution in [0.5, 0.6) is 0 Å². The van der Waals surface area contributed by atoms with Gasteiger partial charge in [-0.15, -0.1) is 12.4 Å². The number of halogens is 1. The Morgan fingerprint density at radius 1 is 1.35 bits per heavy atom. The van der Waals surface area contributed by atoms with Gasteiger partial charge in [0.25, 0.3) is 0 Å². The maximum atomic E-state index is 5.60. The Balaban J connectivity index is 0.00000144. The molecule has 3 nitrogen and oxygen atoms in total. The van der Waals surface area contributed by atoms with E-state index in [4.69, 9.17) is 5.73 Å². The standard InChI is InChI=1S/C13H21N3.ClH/c1-11-3-2-4-13(15-11)16-9-6-12(5-8-14)7-10-16;/h2-4,12H,5-10,14H2,1H3;1H. The van der Waals surface area contributed by atoms with Crippen LogP contribution in [0.3, 0.4) is 0 Å². The van der Waals surface area contributed by atoms with Crippen molar-refractivity contribution in [3.8, 4) is 0 Å². The van der Waals surface area contributed by atoms with Crippen LogP contribution in [0.4, 0.5) is 5.82 Å². The number of rotatable bonds is 3. The molecular weight excluding hydrogens is 234 g/mol. The van der Waals surface area contributed by atoms with E-state index in [0.29, 0.717) is 0 Å². The number of nitrogens with zero attached hydrogens (tertiary/aromatic N) is 2. The molecule has 2 heterocycles. The van der Waals surface area contributed by atoms with Crippen LogP contribution in [-0.4, -0.2) is 24.6 Å². The lowest BCUT2D eigenvalue weighted by molar-refractivity contribution is 0.385. The van der Waals surface area contributed by atoms with Crippen LogP contribution in [0.2, 0.25) is 0 Å². The normalized spacial score (nSPS) is 16.7. The highest BCUT2D eigenvalue weighted by Crippen LogP contribution is 2.23. The minimum absolute atomic E-state index is 0. The first-order valence-electron chi connectivity index (χ1n) is 6.18. The van der Waals surface area contributed by atoms with Gasteiger partial charge in [0.2, 0.25) is 0 Å². The Morgan fingerprint density at radius 2 is 2.06 bits per heavy atom. The molecule has 1 aliphatic rings. The predicted molar refractivity (Wildman–Crippen MR) is 74.8 cm³/mol. The average Bonchev–Trinajstić information content (AvgIpc) is 2.30. The van der Waals surface area contributed by atoms with Gasteiger partial charge in [0, 0.05) is 18.8 Å². The Bertz CT molecular complexity index is 335. The van der Waals surface area contributed by atoms with E-state index in [2.05, 4.69) is 22.0 Å². The molecule has 1 saturated heterocycles. The van der Waals surface area contributed by atoms with Crippen LogP contribution in [-0.2, 0) is 0 Å². The lowest BCUT2D eigenvalue weighted by Gasteiger charge is -2.32. The Kier molecular flexibility index (Phi) is 5.72. The topological polar surface area (TPSA) is 42.1 Å². The highest BCUT2D eigenvalue weighted by molar-refractivity contribution is 5.85. The fraction of sp³-hybridized carbons (Fsp3) is 0.615. The van der Waals surface area contributed by atoms with Gasteiger partial charge in [0.15, 0.2) is 0 Å². The van der Waals surface area contributed by atoms with E-state index in [1.54, 1.807) is 0 Å². The third-order valence-electron chi connectivity index (χ3n) is 3.39. The molecule has 1 fully saturated rings. The fourth-order valence-corrected chi connectivity index (χ4v) is 2.39. The molecule has 1 aliphatic heterocycles. The minimum atomic E-state index is 0. The molecule has 1 aromatic heterocycles. The number of nitrogens with two attached hydrogens (primary N) is 1. The Labute approximate surface area is 110 Å². The van der Waals surface area contributed by atoms with Crippen molar-refractivity contribution >= 4 is 18.2 Å². The van der Waals surface area contributed by atoms with Gasteiger partial charge in [-0.3, -0.25) is 0 Å². The van der Waals surface area contributed by atoms with Gasteiger partial charge >= 0.3 is 0 Å². The van der Waals surface area contributed by atoms with E-state index in [0.717, 1.165) is 37.1 Å². The number of piperidine rings is 1. The van der Waals surface area contributed by atoms with E-state index in [1.807, 2.05) is 13.0 Å². The quantitative estimate of drug-likeness (QED) is 0.902. The average molecular weight is 256 g/mol. The predicted octanol–water partition coefficient (Wildman–Crippen LogP) is 2.38. The number of hydrogen-bond acceptors (Lipinski definition) is 3. The molecule has 17 heavy (non-hydrogen) atoms. The molecule has 4 heteroatoms. The van der Waals surface area contributed by atoms with E-state index >= 15 is 0 Å². The molecule has 0 saturated carbocycles. The summed E-state index contributed by atoms with van der Waals surface area (Å²) < 4.78 is 0. The smallest absolute Gasteiger partial charge is 0.128 e. The number of aromatic nitrogens is 1. The summed E-state index contributed by atoms with van der Waals surface area (Å²) in [5.74, 6) is 1.96. The Morgan fingerprint density at radius 3 is 2.65 bits per heavy atom. The third-order valence-corrected chi connectivity index (χ3v) is 3.39. The van der Waals surface area contributed by atoms with Gasteiger partial charge in [0.05, 0.1) is 0 Å². The highest BCUT2D eigenvalue weighted by Gasteiger charge is 2.19. The first-order valence-corrected chi connectivity index (χ1v) is 6.18. The van der Waals surface area contributed by atoms with Gasteiger partial charge in [0.1, 0.15) is 5.82 Å². The maximum Gasteiger partial charge on any atom is 0.128 e. The van der Waals surface area contributed by atoms with Crippen molar-refractivity contribution < 1.29 is 0 Å². The maximum absolute atomic E-state index is 5.60. The summed E-state index contributed by atoms with van der Waals surface area (Å²) in [6, 6.07) is 6.24. The van der Waals surface area contributed by atoms with Crippen molar-refractivity contribution in [2.75, 3.05) is 24.5 Å². The van der Waals surface area contributed by atoms with E-state index in [1.165, 1.54) is 19.3 Å². The van der Waals surface area contributed by atoms with E-state index < -0.39 is 0 Å². The van der Waals surface area contributed by atoms with Crippen molar-refractivity contribution in [1.82, 2.24) is 4.98 Å². The molecule has 0 bridgehead atoms. The molecule has 2 N–H and O–H groups in total. The van der Waals surface area contributed by atoms with Crippen LogP contribution >= 0.6 is 12.4 Å². The van der Waals surface area contributed by atoms with Crippen LogP contribution in [0.25, 0.3) is 0 Å². The molecule has 0 amide bonds. The van der Waals surface area contributed by atoms with Crippen molar-refractivity contribution in [3.05, 3.63) is 23.9 Å². The van der Waals surface area contributed by atoms with Gasteiger partial charge in [-0.1, -0.05) is 6.07 Å². The lowest BCUT2D eigenvalue weighted by atomic mass is 9.94. The van der Waals surface area contributed by atoms with Gasteiger partial charge in [-0.25, -0.2) is 4.98 Å². The van der Waals surface area contributed by atoms with Crippen molar-refractivity contribution in [3.63, 3.8) is 0 Å². The summed E-state index contributed by atoms with van der Waals surface area (Å²) in [5.41, 5.74) is 6.70. The van der Waals surface area contributed by atoms with E-state index in [9.17, 15) is 0 Å². The van der Waals surface area contributed by atoms with Crippen LogP contribution < -0.4 is 10.6 Å². The number of anilines is 1. The summed E-state index contributed by atoms with van der Waals surface area (Å²) in [6.45, 7) is 5.13. The van der Waals surface area contributed by atoms with Gasteiger partial charge in [-0.05, 0) is 50.8 Å². The second-order valence-electron chi connectivity index (χ2n) is 4.64. The fourth-order valence-electron chi connectivity index (χ4n) is 2.39. The summed E-state index contributed by atoms with van der Waals surface area (Å²) in [6.07, 6.45) is 3.69. The molecule has 0 unspecified atom stereocenters. The monoisotopic (exact) mass is 255 g/mol. The van der Waals surface area contributed by atoms with Crippen LogP contribution in [0.15, 0.2) is 18.2 Å². The SMILES string of the molecule is Cc1cccc(N2CCC(CCN)CC2)n1.Cl. The largest absolute Gasteiger partial charge is 0.357 e. The van der Waals surface area contributed by atoms with Crippen molar-refractivity contribution in [2.45, 2.75) is 26.2 Å². The lowest BCUT2D eigenvalue weighted by Crippen LogP contribution is -2.34. The molecule has 96 valence electrons. The van der Waals surface area contributed by atoms with Gasteiger partial charge in [-0.2, -0.15) is 0 Å². The molecule has 0 aliphatic carbocycles. The first kappa shape index (κ1) is 14.3. The van der Waals surface area contributed by atoms with Crippen molar-refractivity contribution in [1.29, 1.82) is 0 Å². The second kappa shape index (κ2) is 6.82. The molecule has 1 aromatic rings. The molecule has 0 spiro atoms. The number of aryl methyl sites for hydroxylation is 1. The number of pyridine rings is 1. The van der Waals surface area contributed by atoms with Gasteiger partial charge < -0.3 is 10.6 Å². The summed E-state index contributed by atoms with van der Waals surface area (Å²) in [5, 5.41) is 0. The second-order valence-corrected chi connectivity index (χ2v) is 4.64. The molecule has 0 radical (unpaired) electrons. The highest BCUT2D eigenvalue weighted by atomic mass is 35.5. The molecular formula is C13H22ClN3. The zero-order valence-electron chi connectivity index (χ0n) is 10.4. The zero-order valence-corrected chi connectivity index (χ0v) is 11.2. The molecule has 2 rings (SSSR count). The first-order chi connectivity index (χ1) is 7.79. The van der Waals surface area contributed by atoms with E-state index in [-0.39, 0.29) is 12.4 Å². The zero-order chi connectivity index (χ0) is 11.4. The van der Waals surface area contributed by atoms with Crippen LogP contribution in [0.1, 0.15) is 25.0 Å². The summed E-state index contributed by atoms with van der Waals surface area (Å²) in [7, 11) is 0. The minimum Gasteiger partial charge on any atom is -0.357 e. The molecule has 0 atom stereocenters.